The highest BCUT2D eigenvalue weighted by molar-refractivity contribution is 4.95. The van der Waals surface area contributed by atoms with Crippen LogP contribution in [0.15, 0.2) is 0 Å². The van der Waals surface area contributed by atoms with Gasteiger partial charge in [-0.05, 0) is 75.7 Å². The van der Waals surface area contributed by atoms with Gasteiger partial charge in [-0.25, -0.2) is 0 Å². The molecular formula is C18H31NO. The second-order valence-electron chi connectivity index (χ2n) is 8.03. The van der Waals surface area contributed by atoms with Gasteiger partial charge in [-0.2, -0.15) is 0 Å². The van der Waals surface area contributed by atoms with Crippen LogP contribution in [0.25, 0.3) is 0 Å². The molecule has 4 fully saturated rings. The van der Waals surface area contributed by atoms with E-state index in [0.29, 0.717) is 5.60 Å². The molecule has 0 radical (unpaired) electrons. The molecule has 4 aliphatic rings. The van der Waals surface area contributed by atoms with E-state index in [-0.39, 0.29) is 0 Å². The van der Waals surface area contributed by atoms with E-state index in [9.17, 15) is 0 Å². The minimum absolute atomic E-state index is 0.319. The van der Waals surface area contributed by atoms with Crippen LogP contribution >= 0.6 is 0 Å². The second kappa shape index (κ2) is 5.61. The third kappa shape index (κ3) is 2.78. The summed E-state index contributed by atoms with van der Waals surface area (Å²) in [6, 6.07) is 0.882. The smallest absolute Gasteiger partial charge is 0.0685 e. The van der Waals surface area contributed by atoms with Crippen LogP contribution in [-0.4, -0.2) is 24.8 Å². The molecule has 2 heteroatoms. The monoisotopic (exact) mass is 277 g/mol. The van der Waals surface area contributed by atoms with Crippen LogP contribution in [0.1, 0.15) is 70.6 Å². The minimum atomic E-state index is 0.319. The fourth-order valence-corrected chi connectivity index (χ4v) is 5.34. The van der Waals surface area contributed by atoms with Gasteiger partial charge in [0, 0.05) is 12.6 Å². The van der Waals surface area contributed by atoms with Crippen molar-refractivity contribution in [1.82, 2.24) is 5.32 Å². The van der Waals surface area contributed by atoms with E-state index in [4.69, 9.17) is 4.74 Å². The van der Waals surface area contributed by atoms with Crippen molar-refractivity contribution < 1.29 is 4.74 Å². The fraction of sp³-hybridized carbons (Fsp3) is 1.00. The summed E-state index contributed by atoms with van der Waals surface area (Å²) in [4.78, 5) is 0. The molecule has 2 nitrogen and oxygen atoms in total. The molecule has 0 aromatic heterocycles. The van der Waals surface area contributed by atoms with Gasteiger partial charge in [-0.1, -0.05) is 19.3 Å². The number of hydrogen-bond acceptors (Lipinski definition) is 2. The van der Waals surface area contributed by atoms with E-state index in [1.807, 2.05) is 0 Å². The summed E-state index contributed by atoms with van der Waals surface area (Å²) in [5, 5.41) is 3.80. The van der Waals surface area contributed by atoms with Crippen molar-refractivity contribution in [3.05, 3.63) is 0 Å². The highest BCUT2D eigenvalue weighted by atomic mass is 16.5. The zero-order valence-corrected chi connectivity index (χ0v) is 12.9. The molecule has 3 atom stereocenters. The summed E-state index contributed by atoms with van der Waals surface area (Å²) < 4.78 is 6.24. The fourth-order valence-electron chi connectivity index (χ4n) is 5.34. The third-order valence-electron chi connectivity index (χ3n) is 6.62. The normalized spacial score (nSPS) is 40.5. The molecule has 0 amide bonds. The van der Waals surface area contributed by atoms with E-state index in [1.54, 1.807) is 0 Å². The Morgan fingerprint density at radius 2 is 1.80 bits per heavy atom. The van der Waals surface area contributed by atoms with Crippen LogP contribution in [0.4, 0.5) is 0 Å². The zero-order valence-electron chi connectivity index (χ0n) is 12.9. The predicted molar refractivity (Wildman–Crippen MR) is 81.7 cm³/mol. The third-order valence-corrected chi connectivity index (χ3v) is 6.62. The molecule has 4 rings (SSSR count). The first kappa shape index (κ1) is 13.6. The zero-order chi connectivity index (χ0) is 13.4. The molecule has 3 aliphatic carbocycles. The SMILES string of the molecule is C1CC(CNC2CC2)C(C2CCOC3(CCCC3)C2)C1. The molecule has 0 aromatic carbocycles. The maximum Gasteiger partial charge on any atom is 0.0685 e. The lowest BCUT2D eigenvalue weighted by Crippen LogP contribution is -2.41. The maximum atomic E-state index is 6.24. The van der Waals surface area contributed by atoms with Crippen molar-refractivity contribution in [1.29, 1.82) is 0 Å². The van der Waals surface area contributed by atoms with Gasteiger partial charge in [0.05, 0.1) is 5.60 Å². The first-order chi connectivity index (χ1) is 9.85. The average molecular weight is 277 g/mol. The molecular weight excluding hydrogens is 246 g/mol. The van der Waals surface area contributed by atoms with Crippen molar-refractivity contribution in [2.45, 2.75) is 82.3 Å². The van der Waals surface area contributed by atoms with Gasteiger partial charge in [0.15, 0.2) is 0 Å². The first-order valence-corrected chi connectivity index (χ1v) is 9.22. The molecule has 0 bridgehead atoms. The highest BCUT2D eigenvalue weighted by Crippen LogP contribution is 2.48. The van der Waals surface area contributed by atoms with E-state index in [1.165, 1.54) is 77.2 Å². The standard InChI is InChI=1S/C18H31NO/c1-2-10-18(9-1)12-14(8-11-20-18)17-5-3-4-15(17)13-19-16-6-7-16/h14-17,19H,1-13H2. The average Bonchev–Trinajstić information content (AvgIpc) is 3.00. The summed E-state index contributed by atoms with van der Waals surface area (Å²) in [6.45, 7) is 2.35. The van der Waals surface area contributed by atoms with Crippen LogP contribution in [-0.2, 0) is 4.74 Å². The van der Waals surface area contributed by atoms with Crippen molar-refractivity contribution in [2.75, 3.05) is 13.2 Å². The quantitative estimate of drug-likeness (QED) is 0.841. The molecule has 1 spiro atoms. The summed E-state index contributed by atoms with van der Waals surface area (Å²) in [5.41, 5.74) is 0.319. The molecule has 1 saturated heterocycles. The summed E-state index contributed by atoms with van der Waals surface area (Å²) in [6.07, 6.45) is 15.6. The molecule has 3 unspecified atom stereocenters. The highest BCUT2D eigenvalue weighted by Gasteiger charge is 2.44. The molecule has 1 aliphatic heterocycles. The van der Waals surface area contributed by atoms with Crippen molar-refractivity contribution in [2.24, 2.45) is 17.8 Å². The molecule has 0 aromatic rings. The first-order valence-electron chi connectivity index (χ1n) is 9.22. The van der Waals surface area contributed by atoms with Crippen LogP contribution in [0.5, 0.6) is 0 Å². The van der Waals surface area contributed by atoms with Crippen molar-refractivity contribution in [3.63, 3.8) is 0 Å². The lowest BCUT2D eigenvalue weighted by Gasteiger charge is -2.42. The van der Waals surface area contributed by atoms with Crippen molar-refractivity contribution >= 4 is 0 Å². The van der Waals surface area contributed by atoms with Gasteiger partial charge in [0.1, 0.15) is 0 Å². The molecule has 1 N–H and O–H groups in total. The van der Waals surface area contributed by atoms with Crippen LogP contribution in [0, 0.1) is 17.8 Å². The Kier molecular flexibility index (Phi) is 3.80. The minimum Gasteiger partial charge on any atom is -0.375 e. The Balaban J connectivity index is 1.37. The topological polar surface area (TPSA) is 21.3 Å². The van der Waals surface area contributed by atoms with Crippen LogP contribution in [0.2, 0.25) is 0 Å². The lowest BCUT2D eigenvalue weighted by atomic mass is 9.74. The van der Waals surface area contributed by atoms with Crippen LogP contribution in [0.3, 0.4) is 0 Å². The van der Waals surface area contributed by atoms with Crippen molar-refractivity contribution in [3.8, 4) is 0 Å². The second-order valence-corrected chi connectivity index (χ2v) is 8.03. The van der Waals surface area contributed by atoms with E-state index in [0.717, 1.165) is 30.4 Å². The van der Waals surface area contributed by atoms with E-state index < -0.39 is 0 Å². The molecule has 3 saturated carbocycles. The van der Waals surface area contributed by atoms with E-state index in [2.05, 4.69) is 5.32 Å². The Morgan fingerprint density at radius 1 is 0.950 bits per heavy atom. The molecule has 1 heterocycles. The maximum absolute atomic E-state index is 6.24. The van der Waals surface area contributed by atoms with Gasteiger partial charge in [-0.15, -0.1) is 0 Å². The lowest BCUT2D eigenvalue weighted by molar-refractivity contribution is -0.104. The number of nitrogens with one attached hydrogen (secondary N) is 1. The van der Waals surface area contributed by atoms with Gasteiger partial charge in [0.2, 0.25) is 0 Å². The Bertz CT molecular complexity index is 332. The van der Waals surface area contributed by atoms with E-state index >= 15 is 0 Å². The number of hydrogen-bond donors (Lipinski definition) is 1. The Hall–Kier alpha value is -0.0800. The van der Waals surface area contributed by atoms with Gasteiger partial charge in [-0.3, -0.25) is 0 Å². The molecule has 20 heavy (non-hydrogen) atoms. The molecule has 114 valence electrons. The largest absolute Gasteiger partial charge is 0.375 e. The van der Waals surface area contributed by atoms with Gasteiger partial charge in [0.25, 0.3) is 0 Å². The summed E-state index contributed by atoms with van der Waals surface area (Å²) in [7, 11) is 0. The summed E-state index contributed by atoms with van der Waals surface area (Å²) in [5.74, 6) is 2.94. The van der Waals surface area contributed by atoms with Gasteiger partial charge < -0.3 is 10.1 Å². The Labute approximate surface area is 124 Å². The predicted octanol–water partition coefficient (Wildman–Crippen LogP) is 3.89. The number of ether oxygens (including phenoxy) is 1. The van der Waals surface area contributed by atoms with Crippen LogP contribution < -0.4 is 5.32 Å². The number of rotatable bonds is 4. The summed E-state index contributed by atoms with van der Waals surface area (Å²) >= 11 is 0. The van der Waals surface area contributed by atoms with Gasteiger partial charge >= 0.3 is 0 Å². The Morgan fingerprint density at radius 3 is 2.60 bits per heavy atom.